The van der Waals surface area contributed by atoms with Gasteiger partial charge in [-0.15, -0.1) is 0 Å². The van der Waals surface area contributed by atoms with Crippen LogP contribution in [-0.2, 0) is 14.4 Å². The molecule has 0 spiro atoms. The topological polar surface area (TPSA) is 99.6 Å². The molecule has 2 saturated heterocycles. The van der Waals surface area contributed by atoms with E-state index in [2.05, 4.69) is 13.8 Å². The number of aliphatic carboxylic acids is 1. The molecule has 0 unspecified atom stereocenters. The van der Waals surface area contributed by atoms with E-state index in [9.17, 15) is 23.9 Å². The molecule has 10 heteroatoms. The summed E-state index contributed by atoms with van der Waals surface area (Å²) in [4.78, 5) is 45.7. The van der Waals surface area contributed by atoms with Gasteiger partial charge in [0.15, 0.2) is 11.5 Å². The monoisotopic (exact) mass is 623 g/mol. The highest BCUT2D eigenvalue weighted by atomic mass is 19.1. The number of halogens is 1. The number of hydrogen-bond donors (Lipinski definition) is 1. The fourth-order valence-corrected chi connectivity index (χ4v) is 7.38. The predicted octanol–water partition coefficient (Wildman–Crippen LogP) is 5.74. The number of likely N-dealkylation sites (tertiary alicyclic amines) is 2. The van der Waals surface area contributed by atoms with E-state index < -0.39 is 23.8 Å². The van der Waals surface area contributed by atoms with Crippen molar-refractivity contribution in [2.45, 2.75) is 90.1 Å². The smallest absolute Gasteiger partial charge is 0.308 e. The SMILES string of the molecule is CCCC(CCC)N(C(=O)CN1C[C@H](c2ccc3c(c2)OCO3)[C@@H](C(=O)O)[C@@H]1CCN1CCCCC1=O)c1ccc(F)c(C)c1. The molecule has 244 valence electrons. The van der Waals surface area contributed by atoms with Crippen molar-refractivity contribution in [2.24, 2.45) is 5.92 Å². The number of carbonyl (C=O) groups is 3. The minimum Gasteiger partial charge on any atom is -0.481 e. The Bertz CT molecular complexity index is 1380. The summed E-state index contributed by atoms with van der Waals surface area (Å²) in [5.41, 5.74) is 1.94. The molecule has 2 fully saturated rings. The molecule has 5 rings (SSSR count). The summed E-state index contributed by atoms with van der Waals surface area (Å²) in [7, 11) is 0. The molecule has 45 heavy (non-hydrogen) atoms. The minimum absolute atomic E-state index is 0.0177. The summed E-state index contributed by atoms with van der Waals surface area (Å²) in [6.45, 7) is 7.49. The van der Waals surface area contributed by atoms with Crippen LogP contribution in [-0.4, -0.2) is 77.7 Å². The Balaban J connectivity index is 1.47. The summed E-state index contributed by atoms with van der Waals surface area (Å²) in [6, 6.07) is 9.81. The van der Waals surface area contributed by atoms with Crippen molar-refractivity contribution in [3.8, 4) is 11.5 Å². The Morgan fingerprint density at radius 1 is 1.07 bits per heavy atom. The lowest BCUT2D eigenvalue weighted by atomic mass is 9.84. The second-order valence-electron chi connectivity index (χ2n) is 12.6. The van der Waals surface area contributed by atoms with Crippen LogP contribution in [0.5, 0.6) is 11.5 Å². The third-order valence-electron chi connectivity index (χ3n) is 9.61. The van der Waals surface area contributed by atoms with Crippen LogP contribution in [0.15, 0.2) is 36.4 Å². The second kappa shape index (κ2) is 14.6. The first-order chi connectivity index (χ1) is 21.7. The maximum Gasteiger partial charge on any atom is 0.308 e. The molecule has 0 aliphatic carbocycles. The van der Waals surface area contributed by atoms with Gasteiger partial charge in [0, 0.05) is 49.7 Å². The number of carbonyl (C=O) groups excluding carboxylic acids is 2. The maximum absolute atomic E-state index is 14.4. The molecule has 3 aliphatic rings. The van der Waals surface area contributed by atoms with Crippen molar-refractivity contribution in [1.29, 1.82) is 0 Å². The Labute approximate surface area is 265 Å². The Hall–Kier alpha value is -3.66. The molecular weight excluding hydrogens is 577 g/mol. The number of carboxylic acid groups (broad SMARTS) is 1. The lowest BCUT2D eigenvalue weighted by Gasteiger charge is -2.35. The van der Waals surface area contributed by atoms with E-state index in [0.29, 0.717) is 55.2 Å². The van der Waals surface area contributed by atoms with Crippen molar-refractivity contribution < 1.29 is 33.4 Å². The summed E-state index contributed by atoms with van der Waals surface area (Å²) < 4.78 is 25.4. The molecule has 0 saturated carbocycles. The minimum atomic E-state index is -0.927. The molecule has 2 amide bonds. The van der Waals surface area contributed by atoms with E-state index in [1.54, 1.807) is 19.1 Å². The average molecular weight is 624 g/mol. The van der Waals surface area contributed by atoms with E-state index in [4.69, 9.17) is 9.47 Å². The molecule has 3 atom stereocenters. The number of aryl methyl sites for hydroxylation is 1. The number of piperidine rings is 1. The Morgan fingerprint density at radius 3 is 2.51 bits per heavy atom. The quantitative estimate of drug-likeness (QED) is 0.304. The zero-order valence-electron chi connectivity index (χ0n) is 26.7. The highest BCUT2D eigenvalue weighted by Crippen LogP contribution is 2.43. The third kappa shape index (κ3) is 7.27. The molecule has 0 radical (unpaired) electrons. The Morgan fingerprint density at radius 2 is 1.82 bits per heavy atom. The number of anilines is 1. The van der Waals surface area contributed by atoms with Gasteiger partial charge < -0.3 is 24.4 Å². The summed E-state index contributed by atoms with van der Waals surface area (Å²) in [5.74, 6) is -1.26. The van der Waals surface area contributed by atoms with Crippen LogP contribution in [0, 0.1) is 18.7 Å². The fraction of sp³-hybridized carbons (Fsp3) is 0.571. The number of fused-ring (bicyclic) bond motifs is 1. The number of rotatable bonds is 13. The molecule has 1 N–H and O–H groups in total. The molecule has 2 aromatic rings. The van der Waals surface area contributed by atoms with Crippen molar-refractivity contribution >= 4 is 23.5 Å². The first kappa shape index (κ1) is 32.7. The number of ether oxygens (including phenoxy) is 2. The van der Waals surface area contributed by atoms with Gasteiger partial charge in [0.1, 0.15) is 5.82 Å². The van der Waals surface area contributed by atoms with Gasteiger partial charge in [0.25, 0.3) is 0 Å². The summed E-state index contributed by atoms with van der Waals surface area (Å²) >= 11 is 0. The van der Waals surface area contributed by atoms with Crippen LogP contribution in [0.25, 0.3) is 0 Å². The van der Waals surface area contributed by atoms with Crippen molar-refractivity contribution in [3.05, 3.63) is 53.3 Å². The van der Waals surface area contributed by atoms with Crippen molar-refractivity contribution in [1.82, 2.24) is 9.80 Å². The third-order valence-corrected chi connectivity index (χ3v) is 9.61. The van der Waals surface area contributed by atoms with Gasteiger partial charge in [-0.25, -0.2) is 4.39 Å². The lowest BCUT2D eigenvalue weighted by Crippen LogP contribution is -2.49. The highest BCUT2D eigenvalue weighted by molar-refractivity contribution is 5.95. The second-order valence-corrected chi connectivity index (χ2v) is 12.6. The molecule has 3 aliphatic heterocycles. The van der Waals surface area contributed by atoms with Gasteiger partial charge in [-0.2, -0.15) is 0 Å². The summed E-state index contributed by atoms with van der Waals surface area (Å²) in [5, 5.41) is 10.6. The first-order valence-corrected chi connectivity index (χ1v) is 16.4. The average Bonchev–Trinajstić information content (AvgIpc) is 3.63. The standard InChI is InChI=1S/C35H46FN3O6/c1-4-8-25(9-5-2)39(26-12-13-28(36)23(3)18-26)33(41)21-38-20-27(24-11-14-30-31(19-24)45-22-44-30)34(35(42)43)29(38)15-17-37-16-7-6-10-32(37)40/h11-14,18-19,25,27,29,34H,4-10,15-17,20-22H2,1-3H3,(H,42,43)/t27-,29+,34-/m1/s1. The Kier molecular flexibility index (Phi) is 10.6. The highest BCUT2D eigenvalue weighted by Gasteiger charge is 2.48. The zero-order chi connectivity index (χ0) is 32.1. The van der Waals surface area contributed by atoms with E-state index in [-0.39, 0.29) is 37.0 Å². The van der Waals surface area contributed by atoms with Gasteiger partial charge in [0.05, 0.1) is 12.5 Å². The molecular formula is C35H46FN3O6. The number of benzene rings is 2. The molecule has 0 aromatic heterocycles. The number of nitrogens with zero attached hydrogens (tertiary/aromatic N) is 3. The molecule has 9 nitrogen and oxygen atoms in total. The maximum atomic E-state index is 14.4. The first-order valence-electron chi connectivity index (χ1n) is 16.4. The zero-order valence-corrected chi connectivity index (χ0v) is 26.7. The van der Waals surface area contributed by atoms with E-state index >= 15 is 0 Å². The van der Waals surface area contributed by atoms with Crippen LogP contribution >= 0.6 is 0 Å². The van der Waals surface area contributed by atoms with Gasteiger partial charge >= 0.3 is 5.97 Å². The van der Waals surface area contributed by atoms with Crippen LogP contribution in [0.1, 0.15) is 82.3 Å². The molecule has 0 bridgehead atoms. The fourth-order valence-electron chi connectivity index (χ4n) is 7.38. The van der Waals surface area contributed by atoms with E-state index in [0.717, 1.165) is 44.1 Å². The molecule has 3 heterocycles. The van der Waals surface area contributed by atoms with Crippen LogP contribution in [0.2, 0.25) is 0 Å². The van der Waals surface area contributed by atoms with Crippen LogP contribution in [0.3, 0.4) is 0 Å². The largest absolute Gasteiger partial charge is 0.481 e. The lowest BCUT2D eigenvalue weighted by molar-refractivity contribution is -0.143. The van der Waals surface area contributed by atoms with Gasteiger partial charge in [-0.3, -0.25) is 19.3 Å². The number of amides is 2. The van der Waals surface area contributed by atoms with E-state index in [1.807, 2.05) is 32.9 Å². The predicted molar refractivity (Wildman–Crippen MR) is 169 cm³/mol. The number of carboxylic acids is 1. The summed E-state index contributed by atoms with van der Waals surface area (Å²) in [6.07, 6.45) is 6.14. The van der Waals surface area contributed by atoms with Gasteiger partial charge in [-0.05, 0) is 80.5 Å². The molecule has 2 aromatic carbocycles. The van der Waals surface area contributed by atoms with E-state index in [1.165, 1.54) is 6.07 Å². The van der Waals surface area contributed by atoms with Crippen molar-refractivity contribution in [2.75, 3.05) is 37.9 Å². The van der Waals surface area contributed by atoms with Gasteiger partial charge in [0.2, 0.25) is 18.6 Å². The van der Waals surface area contributed by atoms with Gasteiger partial charge in [-0.1, -0.05) is 32.8 Å². The van der Waals surface area contributed by atoms with Crippen LogP contribution < -0.4 is 14.4 Å². The van der Waals surface area contributed by atoms with Crippen molar-refractivity contribution in [3.63, 3.8) is 0 Å². The normalized spacial score (nSPS) is 21.5. The van der Waals surface area contributed by atoms with Crippen LogP contribution in [0.4, 0.5) is 10.1 Å². The number of hydrogen-bond acceptors (Lipinski definition) is 6.